The predicted octanol–water partition coefficient (Wildman–Crippen LogP) is 4.10. The Bertz CT molecular complexity index is 1150. The van der Waals surface area contributed by atoms with Crippen molar-refractivity contribution in [2.45, 2.75) is 26.1 Å². The molecule has 1 unspecified atom stereocenters. The Hall–Kier alpha value is -3.49. The van der Waals surface area contributed by atoms with Crippen LogP contribution in [0.15, 0.2) is 55.4 Å². The van der Waals surface area contributed by atoms with Crippen LogP contribution in [-0.2, 0) is 0 Å². The Labute approximate surface area is 190 Å². The van der Waals surface area contributed by atoms with E-state index in [2.05, 4.69) is 27.2 Å². The zero-order chi connectivity index (χ0) is 23.4. The number of rotatable bonds is 7. The van der Waals surface area contributed by atoms with Gasteiger partial charge in [-0.2, -0.15) is 0 Å². The van der Waals surface area contributed by atoms with Gasteiger partial charge in [0.05, 0.1) is 17.4 Å². The number of nitrogens with two attached hydrogens (primary N) is 1. The van der Waals surface area contributed by atoms with Gasteiger partial charge in [-0.1, -0.05) is 18.2 Å². The fraction of sp³-hybridized carbons (Fsp3) is 0.174. The number of halogens is 2. The number of benzene rings is 1. The molecule has 0 aliphatic heterocycles. The summed E-state index contributed by atoms with van der Waals surface area (Å²) in [4.78, 5) is 20.8. The maximum atomic E-state index is 14.4. The average Bonchev–Trinajstić information content (AvgIpc) is 2.74. The molecule has 0 saturated carbocycles. The number of aliphatic hydroxyl groups is 1. The third-order valence-electron chi connectivity index (χ3n) is 4.68. The lowest BCUT2D eigenvalue weighted by Gasteiger charge is -2.26. The van der Waals surface area contributed by atoms with Gasteiger partial charge in [0.2, 0.25) is 0 Å². The first kappa shape index (κ1) is 23.2. The number of nitrogens with zero attached hydrogens (tertiary/aromatic N) is 2. The molecule has 5 N–H and O–H groups in total. The smallest absolute Gasteiger partial charge is 0.254 e. The van der Waals surface area contributed by atoms with Gasteiger partial charge in [-0.05, 0) is 55.8 Å². The van der Waals surface area contributed by atoms with Gasteiger partial charge in [-0.3, -0.25) is 9.78 Å². The number of aromatic nitrogens is 2. The summed E-state index contributed by atoms with van der Waals surface area (Å²) in [5.41, 5.74) is 8.39. The van der Waals surface area contributed by atoms with Crippen LogP contribution in [0.25, 0.3) is 16.8 Å². The number of allylic oxidation sites excluding steroid dienone is 1. The van der Waals surface area contributed by atoms with E-state index in [-0.39, 0.29) is 17.1 Å². The minimum absolute atomic E-state index is 0.111. The highest BCUT2D eigenvalue weighted by molar-refractivity contribution is 6.30. The quantitative estimate of drug-likeness (QED) is 0.399. The van der Waals surface area contributed by atoms with Crippen LogP contribution >= 0.6 is 11.6 Å². The molecule has 0 fully saturated rings. The molecule has 2 aromatic heterocycles. The number of nitrogens with one attached hydrogen (secondary N) is 2. The number of pyridine rings is 2. The summed E-state index contributed by atoms with van der Waals surface area (Å²) in [6.45, 7) is 7.19. The monoisotopic (exact) mass is 455 g/mol. The minimum atomic E-state index is -0.991. The van der Waals surface area contributed by atoms with Gasteiger partial charge >= 0.3 is 0 Å². The highest BCUT2D eigenvalue weighted by Gasteiger charge is 2.22. The summed E-state index contributed by atoms with van der Waals surface area (Å²) >= 11 is 6.03. The molecule has 0 radical (unpaired) electrons. The second kappa shape index (κ2) is 9.76. The summed E-state index contributed by atoms with van der Waals surface area (Å²) in [5.74, 6) is -0.844. The number of nitrogen functional groups attached to an aromatic ring is 1. The first-order chi connectivity index (χ1) is 15.2. The second-order valence-electron chi connectivity index (χ2n) is 7.30. The van der Waals surface area contributed by atoms with Crippen LogP contribution in [-0.4, -0.2) is 33.3 Å². The normalized spacial score (nSPS) is 12.7. The number of hydrogen-bond donors (Lipinski definition) is 4. The Balaban J connectivity index is 2.01. The molecule has 0 aliphatic rings. The highest BCUT2D eigenvalue weighted by atomic mass is 35.5. The van der Waals surface area contributed by atoms with Crippen LogP contribution in [0.1, 0.15) is 29.8 Å². The first-order valence-electron chi connectivity index (χ1n) is 9.74. The molecule has 0 spiro atoms. The molecule has 7 nitrogen and oxygen atoms in total. The number of carbonyl (C=O) groups is 1. The van der Waals surface area contributed by atoms with Crippen molar-refractivity contribution in [1.29, 1.82) is 0 Å². The van der Waals surface area contributed by atoms with Crippen molar-refractivity contribution in [3.63, 3.8) is 0 Å². The van der Waals surface area contributed by atoms with E-state index in [0.717, 1.165) is 0 Å². The van der Waals surface area contributed by atoms with Crippen molar-refractivity contribution in [2.75, 3.05) is 11.1 Å². The van der Waals surface area contributed by atoms with Gasteiger partial charge in [-0.15, -0.1) is 0 Å². The Morgan fingerprint density at radius 1 is 1.31 bits per heavy atom. The van der Waals surface area contributed by atoms with Crippen molar-refractivity contribution in [3.05, 3.63) is 77.3 Å². The fourth-order valence-corrected chi connectivity index (χ4v) is 3.30. The van der Waals surface area contributed by atoms with Crippen LogP contribution < -0.4 is 16.4 Å². The topological polar surface area (TPSA) is 113 Å². The molecule has 0 aliphatic carbocycles. The van der Waals surface area contributed by atoms with E-state index in [1.807, 2.05) is 0 Å². The molecule has 9 heteroatoms. The summed E-state index contributed by atoms with van der Waals surface area (Å²) in [6.07, 6.45) is 1.07. The molecule has 2 atom stereocenters. The number of amides is 1. The molecule has 32 heavy (non-hydrogen) atoms. The third-order valence-corrected chi connectivity index (χ3v) is 4.92. The molecule has 3 rings (SSSR count). The van der Waals surface area contributed by atoms with Crippen molar-refractivity contribution < 1.29 is 14.3 Å². The van der Waals surface area contributed by atoms with Gasteiger partial charge in [0, 0.05) is 34.2 Å². The van der Waals surface area contributed by atoms with E-state index in [4.69, 9.17) is 17.3 Å². The molecule has 0 bridgehead atoms. The maximum absolute atomic E-state index is 14.4. The molecule has 0 saturated heterocycles. The molecule has 166 valence electrons. The number of anilines is 2. The molecule has 1 amide bonds. The van der Waals surface area contributed by atoms with Gasteiger partial charge in [0.1, 0.15) is 17.8 Å². The van der Waals surface area contributed by atoms with E-state index in [1.165, 1.54) is 31.3 Å². The fourth-order valence-electron chi connectivity index (χ4n) is 3.13. The lowest BCUT2D eigenvalue weighted by Crippen LogP contribution is -2.47. The van der Waals surface area contributed by atoms with Gasteiger partial charge in [-0.25, -0.2) is 9.37 Å². The van der Waals surface area contributed by atoms with Crippen molar-refractivity contribution in [1.82, 2.24) is 15.3 Å². The minimum Gasteiger partial charge on any atom is -0.389 e. The Kier molecular flexibility index (Phi) is 7.07. The molecule has 1 aromatic carbocycles. The predicted molar refractivity (Wildman–Crippen MR) is 125 cm³/mol. The zero-order valence-corrected chi connectivity index (χ0v) is 18.3. The maximum Gasteiger partial charge on any atom is 0.254 e. The zero-order valence-electron chi connectivity index (χ0n) is 17.6. The summed E-state index contributed by atoms with van der Waals surface area (Å²) in [7, 11) is 0. The molecular weight excluding hydrogens is 433 g/mol. The third kappa shape index (κ3) is 5.22. The van der Waals surface area contributed by atoms with E-state index < -0.39 is 24.0 Å². The SMILES string of the molecule is C=C(C)c1c(NC(NC(=O)c2cccnc2)[C@H](C)O)cc(-c2cc(Cl)ccc2F)nc1N. The molecule has 2 heterocycles. The van der Waals surface area contributed by atoms with Crippen LogP contribution in [0, 0.1) is 5.82 Å². The van der Waals surface area contributed by atoms with Gasteiger partial charge < -0.3 is 21.5 Å². The van der Waals surface area contributed by atoms with Crippen LogP contribution in [0.4, 0.5) is 15.9 Å². The van der Waals surface area contributed by atoms with Crippen LogP contribution in [0.5, 0.6) is 0 Å². The first-order valence-corrected chi connectivity index (χ1v) is 10.1. The Morgan fingerprint density at radius 2 is 2.06 bits per heavy atom. The number of carbonyl (C=O) groups excluding carboxylic acids is 1. The van der Waals surface area contributed by atoms with E-state index in [0.29, 0.717) is 27.4 Å². The van der Waals surface area contributed by atoms with Crippen LogP contribution in [0.2, 0.25) is 5.02 Å². The van der Waals surface area contributed by atoms with Crippen molar-refractivity contribution in [2.24, 2.45) is 0 Å². The van der Waals surface area contributed by atoms with Crippen molar-refractivity contribution in [3.8, 4) is 11.3 Å². The molecule has 3 aromatic rings. The number of hydrogen-bond acceptors (Lipinski definition) is 6. The summed E-state index contributed by atoms with van der Waals surface area (Å²) < 4.78 is 14.4. The molecular formula is C23H23ClFN5O2. The Morgan fingerprint density at radius 3 is 2.69 bits per heavy atom. The average molecular weight is 456 g/mol. The lowest BCUT2D eigenvalue weighted by atomic mass is 10.0. The van der Waals surface area contributed by atoms with Crippen LogP contribution in [0.3, 0.4) is 0 Å². The highest BCUT2D eigenvalue weighted by Crippen LogP contribution is 2.34. The van der Waals surface area contributed by atoms with E-state index in [9.17, 15) is 14.3 Å². The van der Waals surface area contributed by atoms with Crippen molar-refractivity contribution >= 4 is 34.6 Å². The van der Waals surface area contributed by atoms with E-state index >= 15 is 0 Å². The largest absolute Gasteiger partial charge is 0.389 e. The summed E-state index contributed by atoms with van der Waals surface area (Å²) in [6, 6.07) is 8.92. The second-order valence-corrected chi connectivity index (χ2v) is 7.73. The van der Waals surface area contributed by atoms with E-state index in [1.54, 1.807) is 31.3 Å². The standard InChI is InChI=1S/C23H23ClFN5O2/c1-12(2)20-19(10-18(28-21(20)26)16-9-15(24)6-7-17(16)25)29-22(13(3)31)30-23(32)14-5-4-8-27-11-14/h4-11,13,22,31H,1H2,2-3H3,(H,30,32)(H3,26,28,29)/t13-,22?/m0/s1. The lowest BCUT2D eigenvalue weighted by molar-refractivity contribution is 0.0879. The number of aliphatic hydroxyl groups excluding tert-OH is 1. The summed E-state index contributed by atoms with van der Waals surface area (Å²) in [5, 5.41) is 16.4. The van der Waals surface area contributed by atoms with Gasteiger partial charge in [0.15, 0.2) is 0 Å². The van der Waals surface area contributed by atoms with Gasteiger partial charge in [0.25, 0.3) is 5.91 Å².